The lowest BCUT2D eigenvalue weighted by molar-refractivity contribution is -0.115. The second-order valence-electron chi connectivity index (χ2n) is 3.65. The van der Waals surface area contributed by atoms with Gasteiger partial charge in [-0.25, -0.2) is 9.97 Å². The third-order valence-electron chi connectivity index (χ3n) is 2.23. The van der Waals surface area contributed by atoms with Gasteiger partial charge in [-0.3, -0.25) is 4.79 Å². The Morgan fingerprint density at radius 3 is 2.50 bits per heavy atom. The Balaban J connectivity index is 1.93. The van der Waals surface area contributed by atoms with Crippen molar-refractivity contribution < 1.29 is 4.79 Å². The van der Waals surface area contributed by atoms with Gasteiger partial charge in [-0.15, -0.1) is 0 Å². The zero-order chi connectivity index (χ0) is 12.8. The van der Waals surface area contributed by atoms with Crippen molar-refractivity contribution in [3.8, 4) is 0 Å². The van der Waals surface area contributed by atoms with E-state index in [9.17, 15) is 4.79 Å². The Hall–Kier alpha value is -1.88. The normalized spacial score (nSPS) is 11.8. The SMILES string of the molecule is C[C@@H](Sc1ncccn1)C(=O)Nc1ccccc1. The van der Waals surface area contributed by atoms with E-state index in [-0.39, 0.29) is 11.2 Å². The van der Waals surface area contributed by atoms with Crippen LogP contribution in [0, 0.1) is 0 Å². The number of hydrogen-bond acceptors (Lipinski definition) is 4. The molecule has 1 aromatic carbocycles. The van der Waals surface area contributed by atoms with Crippen molar-refractivity contribution in [3.63, 3.8) is 0 Å². The summed E-state index contributed by atoms with van der Waals surface area (Å²) in [5.41, 5.74) is 0.795. The second-order valence-corrected chi connectivity index (χ2v) is 4.95. The van der Waals surface area contributed by atoms with E-state index in [1.165, 1.54) is 11.8 Å². The Kier molecular flexibility index (Phi) is 4.30. The van der Waals surface area contributed by atoms with Gasteiger partial charge < -0.3 is 5.32 Å². The smallest absolute Gasteiger partial charge is 0.237 e. The molecule has 0 aliphatic rings. The van der Waals surface area contributed by atoms with Crippen LogP contribution in [-0.4, -0.2) is 21.1 Å². The van der Waals surface area contributed by atoms with E-state index in [1.807, 2.05) is 37.3 Å². The number of benzene rings is 1. The summed E-state index contributed by atoms with van der Waals surface area (Å²) < 4.78 is 0. The Labute approximate surface area is 110 Å². The molecule has 1 aromatic heterocycles. The molecule has 0 spiro atoms. The number of anilines is 1. The lowest BCUT2D eigenvalue weighted by Gasteiger charge is -2.10. The number of nitrogens with one attached hydrogen (secondary N) is 1. The number of carbonyl (C=O) groups is 1. The summed E-state index contributed by atoms with van der Waals surface area (Å²) in [6.45, 7) is 1.83. The van der Waals surface area contributed by atoms with Crippen LogP contribution in [0.15, 0.2) is 53.9 Å². The van der Waals surface area contributed by atoms with Gasteiger partial charge in [-0.2, -0.15) is 0 Å². The summed E-state index contributed by atoms with van der Waals surface area (Å²) in [5.74, 6) is -0.0568. The molecule has 5 heteroatoms. The maximum absolute atomic E-state index is 11.9. The average Bonchev–Trinajstić information content (AvgIpc) is 2.41. The first-order chi connectivity index (χ1) is 8.75. The molecule has 4 nitrogen and oxygen atoms in total. The van der Waals surface area contributed by atoms with Gasteiger partial charge in [0.05, 0.1) is 5.25 Å². The van der Waals surface area contributed by atoms with Crippen molar-refractivity contribution in [2.75, 3.05) is 5.32 Å². The van der Waals surface area contributed by atoms with E-state index in [2.05, 4.69) is 15.3 Å². The maximum atomic E-state index is 11.9. The fourth-order valence-corrected chi connectivity index (χ4v) is 2.05. The van der Waals surface area contributed by atoms with Gasteiger partial charge in [-0.05, 0) is 25.1 Å². The van der Waals surface area contributed by atoms with E-state index in [1.54, 1.807) is 18.5 Å². The first-order valence-corrected chi connectivity index (χ1v) is 6.43. The molecule has 0 fully saturated rings. The molecule has 2 rings (SSSR count). The molecule has 1 heterocycles. The van der Waals surface area contributed by atoms with Gasteiger partial charge in [0.1, 0.15) is 0 Å². The summed E-state index contributed by atoms with van der Waals surface area (Å²) in [6, 6.07) is 11.1. The van der Waals surface area contributed by atoms with Crippen LogP contribution in [0.3, 0.4) is 0 Å². The number of amides is 1. The molecule has 0 saturated carbocycles. The highest BCUT2D eigenvalue weighted by molar-refractivity contribution is 8.00. The zero-order valence-electron chi connectivity index (χ0n) is 9.91. The monoisotopic (exact) mass is 259 g/mol. The van der Waals surface area contributed by atoms with Crippen LogP contribution in [0.4, 0.5) is 5.69 Å². The lowest BCUT2D eigenvalue weighted by atomic mass is 10.3. The van der Waals surface area contributed by atoms with Crippen molar-refractivity contribution in [1.82, 2.24) is 9.97 Å². The number of carbonyl (C=O) groups excluding carboxylic acids is 1. The fraction of sp³-hybridized carbons (Fsp3) is 0.154. The van der Waals surface area contributed by atoms with Gasteiger partial charge in [0.25, 0.3) is 0 Å². The highest BCUT2D eigenvalue weighted by Gasteiger charge is 2.15. The number of aromatic nitrogens is 2. The zero-order valence-corrected chi connectivity index (χ0v) is 10.7. The maximum Gasteiger partial charge on any atom is 0.237 e. The molecule has 0 bridgehead atoms. The van der Waals surface area contributed by atoms with Crippen molar-refractivity contribution in [2.45, 2.75) is 17.3 Å². The van der Waals surface area contributed by atoms with Gasteiger partial charge in [-0.1, -0.05) is 30.0 Å². The van der Waals surface area contributed by atoms with Gasteiger partial charge in [0.2, 0.25) is 5.91 Å². The number of para-hydroxylation sites is 1. The van der Waals surface area contributed by atoms with Crippen LogP contribution in [0.2, 0.25) is 0 Å². The topological polar surface area (TPSA) is 54.9 Å². The quantitative estimate of drug-likeness (QED) is 0.677. The molecule has 1 atom stereocenters. The fourth-order valence-electron chi connectivity index (χ4n) is 1.32. The van der Waals surface area contributed by atoms with Crippen molar-refractivity contribution in [3.05, 3.63) is 48.8 Å². The van der Waals surface area contributed by atoms with E-state index in [0.717, 1.165) is 5.69 Å². The lowest BCUT2D eigenvalue weighted by Crippen LogP contribution is -2.22. The van der Waals surface area contributed by atoms with E-state index < -0.39 is 0 Å². The molecule has 0 saturated heterocycles. The van der Waals surface area contributed by atoms with Crippen molar-refractivity contribution in [1.29, 1.82) is 0 Å². The van der Waals surface area contributed by atoms with Crippen LogP contribution in [-0.2, 0) is 4.79 Å². The minimum Gasteiger partial charge on any atom is -0.325 e. The van der Waals surface area contributed by atoms with Crippen LogP contribution < -0.4 is 5.32 Å². The largest absolute Gasteiger partial charge is 0.325 e. The molecule has 0 unspecified atom stereocenters. The van der Waals surface area contributed by atoms with Gasteiger partial charge >= 0.3 is 0 Å². The molecule has 0 radical (unpaired) electrons. The third kappa shape index (κ3) is 3.56. The molecule has 0 aliphatic carbocycles. The highest BCUT2D eigenvalue weighted by Crippen LogP contribution is 2.19. The van der Waals surface area contributed by atoms with E-state index >= 15 is 0 Å². The van der Waals surface area contributed by atoms with Crippen molar-refractivity contribution >= 4 is 23.4 Å². The Morgan fingerprint density at radius 1 is 1.17 bits per heavy atom. The van der Waals surface area contributed by atoms with Gasteiger partial charge in [0.15, 0.2) is 5.16 Å². The first-order valence-electron chi connectivity index (χ1n) is 5.55. The molecular weight excluding hydrogens is 246 g/mol. The minimum atomic E-state index is -0.243. The van der Waals surface area contributed by atoms with E-state index in [0.29, 0.717) is 5.16 Å². The summed E-state index contributed by atoms with van der Waals surface area (Å²) >= 11 is 1.34. The van der Waals surface area contributed by atoms with E-state index in [4.69, 9.17) is 0 Å². The molecule has 2 aromatic rings. The molecule has 18 heavy (non-hydrogen) atoms. The summed E-state index contributed by atoms with van der Waals surface area (Å²) in [7, 11) is 0. The molecule has 1 amide bonds. The predicted molar refractivity (Wildman–Crippen MR) is 72.4 cm³/mol. The first kappa shape index (κ1) is 12.6. The number of nitrogens with zero attached hydrogens (tertiary/aromatic N) is 2. The summed E-state index contributed by atoms with van der Waals surface area (Å²) in [5, 5.41) is 3.21. The Morgan fingerprint density at radius 2 is 1.83 bits per heavy atom. The third-order valence-corrected chi connectivity index (χ3v) is 3.22. The second kappa shape index (κ2) is 6.16. The molecular formula is C13H13N3OS. The number of rotatable bonds is 4. The molecule has 1 N–H and O–H groups in total. The average molecular weight is 259 g/mol. The molecule has 92 valence electrons. The minimum absolute atomic E-state index is 0.0568. The van der Waals surface area contributed by atoms with Crippen LogP contribution >= 0.6 is 11.8 Å². The number of thioether (sulfide) groups is 1. The summed E-state index contributed by atoms with van der Waals surface area (Å²) in [6.07, 6.45) is 3.33. The predicted octanol–water partition coefficient (Wildman–Crippen LogP) is 2.60. The molecule has 0 aliphatic heterocycles. The van der Waals surface area contributed by atoms with Crippen LogP contribution in [0.5, 0.6) is 0 Å². The summed E-state index contributed by atoms with van der Waals surface area (Å²) in [4.78, 5) is 20.1. The number of hydrogen-bond donors (Lipinski definition) is 1. The Bertz CT molecular complexity index is 504. The standard InChI is InChI=1S/C13H13N3OS/c1-10(18-13-14-8-5-9-15-13)12(17)16-11-6-3-2-4-7-11/h2-10H,1H3,(H,16,17)/t10-/m1/s1. The van der Waals surface area contributed by atoms with Crippen LogP contribution in [0.25, 0.3) is 0 Å². The van der Waals surface area contributed by atoms with Crippen molar-refractivity contribution in [2.24, 2.45) is 0 Å². The highest BCUT2D eigenvalue weighted by atomic mass is 32.2. The van der Waals surface area contributed by atoms with Crippen LogP contribution in [0.1, 0.15) is 6.92 Å². The van der Waals surface area contributed by atoms with Gasteiger partial charge in [0, 0.05) is 18.1 Å².